The minimum Gasteiger partial charge on any atom is -0.478 e. The van der Waals surface area contributed by atoms with Crippen LogP contribution < -0.4 is 5.19 Å². The maximum atomic E-state index is 11.6. The van der Waals surface area contributed by atoms with E-state index in [1.165, 1.54) is 24.4 Å². The predicted molar refractivity (Wildman–Crippen MR) is 90.7 cm³/mol. The zero-order chi connectivity index (χ0) is 15.3. The standard InChI is InChI=1S/C18H26O2Si/c1-21(2,17-11-7-4-8-12-17)14-16(18(19)20)13-15-9-5-3-6-10-15/h4,7-8,11-13,15H,3,5-6,9-10,14H2,1-2H3,(H,19,20)/b16-13+. The second-order valence-corrected chi connectivity index (χ2v) is 11.5. The second-order valence-electron chi connectivity index (χ2n) is 6.82. The van der Waals surface area contributed by atoms with E-state index in [0.29, 0.717) is 11.5 Å². The van der Waals surface area contributed by atoms with Crippen LogP contribution in [0, 0.1) is 5.92 Å². The van der Waals surface area contributed by atoms with Gasteiger partial charge in [-0.1, -0.05) is 74.0 Å². The van der Waals surface area contributed by atoms with Gasteiger partial charge in [0.05, 0.1) is 8.07 Å². The first-order valence-electron chi connectivity index (χ1n) is 7.98. The highest BCUT2D eigenvalue weighted by Crippen LogP contribution is 2.28. The summed E-state index contributed by atoms with van der Waals surface area (Å²) in [5.41, 5.74) is 0.641. The fourth-order valence-electron chi connectivity index (χ4n) is 3.26. The Bertz CT molecular complexity index is 499. The van der Waals surface area contributed by atoms with Crippen LogP contribution in [0.4, 0.5) is 0 Å². The Morgan fingerprint density at radius 2 is 1.81 bits per heavy atom. The number of carbonyl (C=O) groups is 1. The third-order valence-corrected chi connectivity index (χ3v) is 7.71. The van der Waals surface area contributed by atoms with Gasteiger partial charge in [-0.3, -0.25) is 0 Å². The van der Waals surface area contributed by atoms with E-state index in [0.717, 1.165) is 18.9 Å². The van der Waals surface area contributed by atoms with Crippen molar-refractivity contribution < 1.29 is 9.90 Å². The van der Waals surface area contributed by atoms with Crippen LogP contribution in [-0.4, -0.2) is 19.1 Å². The minimum atomic E-state index is -1.74. The third kappa shape index (κ3) is 4.56. The molecule has 2 nitrogen and oxygen atoms in total. The van der Waals surface area contributed by atoms with Gasteiger partial charge < -0.3 is 5.11 Å². The predicted octanol–water partition coefficient (Wildman–Crippen LogP) is 4.19. The van der Waals surface area contributed by atoms with Gasteiger partial charge >= 0.3 is 5.97 Å². The van der Waals surface area contributed by atoms with Crippen LogP contribution in [0.3, 0.4) is 0 Å². The number of hydrogen-bond donors (Lipinski definition) is 1. The van der Waals surface area contributed by atoms with Crippen LogP contribution in [0.15, 0.2) is 42.0 Å². The van der Waals surface area contributed by atoms with Crippen LogP contribution in [-0.2, 0) is 4.79 Å². The minimum absolute atomic E-state index is 0.477. The van der Waals surface area contributed by atoms with Crippen molar-refractivity contribution in [2.24, 2.45) is 5.92 Å². The lowest BCUT2D eigenvalue weighted by atomic mass is 9.88. The fraction of sp³-hybridized carbons (Fsp3) is 0.500. The summed E-state index contributed by atoms with van der Waals surface area (Å²) in [7, 11) is -1.74. The molecule has 1 saturated carbocycles. The van der Waals surface area contributed by atoms with E-state index >= 15 is 0 Å². The number of carboxylic acid groups (broad SMARTS) is 1. The van der Waals surface area contributed by atoms with E-state index in [9.17, 15) is 9.90 Å². The zero-order valence-electron chi connectivity index (χ0n) is 13.1. The number of benzene rings is 1. The highest BCUT2D eigenvalue weighted by Gasteiger charge is 2.27. The molecule has 21 heavy (non-hydrogen) atoms. The Morgan fingerprint density at radius 1 is 1.19 bits per heavy atom. The summed E-state index contributed by atoms with van der Waals surface area (Å²) >= 11 is 0. The molecule has 0 amide bonds. The lowest BCUT2D eigenvalue weighted by molar-refractivity contribution is -0.132. The molecule has 1 aromatic carbocycles. The summed E-state index contributed by atoms with van der Waals surface area (Å²) in [4.78, 5) is 11.6. The van der Waals surface area contributed by atoms with Gasteiger partial charge in [-0.25, -0.2) is 4.79 Å². The van der Waals surface area contributed by atoms with Crippen molar-refractivity contribution in [1.82, 2.24) is 0 Å². The molecule has 0 heterocycles. The Balaban J connectivity index is 2.15. The lowest BCUT2D eigenvalue weighted by Crippen LogP contribution is -2.42. The molecule has 0 saturated heterocycles. The van der Waals surface area contributed by atoms with Gasteiger partial charge in [0, 0.05) is 5.57 Å². The smallest absolute Gasteiger partial charge is 0.330 e. The summed E-state index contributed by atoms with van der Waals surface area (Å²) < 4.78 is 0. The summed E-state index contributed by atoms with van der Waals surface area (Å²) in [5, 5.41) is 10.9. The number of hydrogen-bond acceptors (Lipinski definition) is 1. The first-order chi connectivity index (χ1) is 9.99. The Morgan fingerprint density at radius 3 is 2.38 bits per heavy atom. The van der Waals surface area contributed by atoms with E-state index in [2.05, 4.69) is 43.4 Å². The molecule has 0 bridgehead atoms. The van der Waals surface area contributed by atoms with Crippen LogP contribution in [0.1, 0.15) is 32.1 Å². The monoisotopic (exact) mass is 302 g/mol. The molecule has 0 radical (unpaired) electrons. The largest absolute Gasteiger partial charge is 0.478 e. The van der Waals surface area contributed by atoms with Crippen molar-refractivity contribution in [3.63, 3.8) is 0 Å². The van der Waals surface area contributed by atoms with Gasteiger partial charge in [0.1, 0.15) is 0 Å². The van der Waals surface area contributed by atoms with Gasteiger partial charge in [0.25, 0.3) is 0 Å². The summed E-state index contributed by atoms with van der Waals surface area (Å²) in [5.74, 6) is -0.248. The van der Waals surface area contributed by atoms with Gasteiger partial charge in [-0.2, -0.15) is 0 Å². The van der Waals surface area contributed by atoms with Crippen LogP contribution in [0.5, 0.6) is 0 Å². The fourth-order valence-corrected chi connectivity index (χ4v) is 5.78. The lowest BCUT2D eigenvalue weighted by Gasteiger charge is -2.25. The molecule has 1 aliphatic carbocycles. The molecule has 0 unspecified atom stereocenters. The molecule has 1 fully saturated rings. The quantitative estimate of drug-likeness (QED) is 0.654. The third-order valence-electron chi connectivity index (χ3n) is 4.55. The summed E-state index contributed by atoms with van der Waals surface area (Å²) in [6.45, 7) is 4.53. The van der Waals surface area contributed by atoms with Gasteiger partial charge in [-0.15, -0.1) is 0 Å². The normalized spacial score (nSPS) is 17.7. The van der Waals surface area contributed by atoms with Crippen molar-refractivity contribution >= 4 is 19.2 Å². The van der Waals surface area contributed by atoms with Gasteiger partial charge in [0.15, 0.2) is 0 Å². The first-order valence-corrected chi connectivity index (χ1v) is 11.2. The van der Waals surface area contributed by atoms with E-state index in [-0.39, 0.29) is 0 Å². The maximum Gasteiger partial charge on any atom is 0.330 e. The Labute approximate surface area is 128 Å². The molecular weight excluding hydrogens is 276 g/mol. The van der Waals surface area contributed by atoms with Gasteiger partial charge in [0.2, 0.25) is 0 Å². The van der Waals surface area contributed by atoms with Crippen LogP contribution in [0.25, 0.3) is 0 Å². The van der Waals surface area contributed by atoms with E-state index < -0.39 is 14.0 Å². The van der Waals surface area contributed by atoms with Crippen molar-refractivity contribution in [3.05, 3.63) is 42.0 Å². The maximum absolute atomic E-state index is 11.6. The molecule has 114 valence electrons. The molecule has 0 aliphatic heterocycles. The second kappa shape index (κ2) is 7.08. The molecule has 0 spiro atoms. The first kappa shape index (κ1) is 16.0. The topological polar surface area (TPSA) is 37.3 Å². The average Bonchev–Trinajstić information content (AvgIpc) is 2.48. The van der Waals surface area contributed by atoms with E-state index in [1.54, 1.807) is 0 Å². The number of aliphatic carboxylic acids is 1. The van der Waals surface area contributed by atoms with Crippen LogP contribution >= 0.6 is 0 Å². The molecule has 0 atom stereocenters. The van der Waals surface area contributed by atoms with Crippen molar-refractivity contribution in [2.45, 2.75) is 51.2 Å². The molecule has 1 aliphatic rings. The zero-order valence-corrected chi connectivity index (χ0v) is 14.1. The number of rotatable bonds is 5. The Kier molecular flexibility index (Phi) is 5.40. The number of carboxylic acids is 1. The average molecular weight is 302 g/mol. The van der Waals surface area contributed by atoms with Crippen molar-refractivity contribution in [2.75, 3.05) is 0 Å². The van der Waals surface area contributed by atoms with Crippen LogP contribution in [0.2, 0.25) is 19.1 Å². The Hall–Kier alpha value is -1.35. The van der Waals surface area contributed by atoms with E-state index in [4.69, 9.17) is 0 Å². The molecular formula is C18H26O2Si. The number of allylic oxidation sites excluding steroid dienone is 1. The highest BCUT2D eigenvalue weighted by molar-refractivity contribution is 6.90. The SMILES string of the molecule is C[Si](C)(C/C(=C\C1CCCCC1)C(=O)O)c1ccccc1. The molecule has 1 aromatic rings. The van der Waals surface area contributed by atoms with Crippen molar-refractivity contribution in [3.8, 4) is 0 Å². The molecule has 0 aromatic heterocycles. The summed E-state index contributed by atoms with van der Waals surface area (Å²) in [6.07, 6.45) is 8.17. The van der Waals surface area contributed by atoms with E-state index in [1.807, 2.05) is 6.07 Å². The molecule has 3 heteroatoms. The molecule has 1 N–H and O–H groups in total. The highest BCUT2D eigenvalue weighted by atomic mass is 28.3. The van der Waals surface area contributed by atoms with Crippen molar-refractivity contribution in [1.29, 1.82) is 0 Å². The summed E-state index contributed by atoms with van der Waals surface area (Å²) in [6, 6.07) is 11.1. The van der Waals surface area contributed by atoms with Gasteiger partial charge in [-0.05, 0) is 24.8 Å². The molecule has 2 rings (SSSR count).